The Morgan fingerprint density at radius 1 is 1.19 bits per heavy atom. The highest BCUT2D eigenvalue weighted by atomic mass is 32.2. The normalized spacial score (nSPS) is 17.5. The number of anilines is 1. The third-order valence-corrected chi connectivity index (χ3v) is 8.39. The van der Waals surface area contributed by atoms with E-state index < -0.39 is 15.9 Å². The summed E-state index contributed by atoms with van der Waals surface area (Å²) in [7, 11) is -0.467. The third-order valence-electron chi connectivity index (χ3n) is 5.51. The van der Waals surface area contributed by atoms with E-state index in [4.69, 9.17) is 4.74 Å². The van der Waals surface area contributed by atoms with Crippen LogP contribution in [0, 0.1) is 5.92 Å². The van der Waals surface area contributed by atoms with Crippen molar-refractivity contribution in [1.29, 1.82) is 0 Å². The number of carbonyl (C=O) groups is 1. The average molecular weight is 462 g/mol. The Morgan fingerprint density at radius 3 is 2.65 bits per heavy atom. The molecular weight excluding hydrogens is 438 g/mol. The number of benzene rings is 2. The maximum Gasteiger partial charge on any atom is 0.307 e. The molecule has 1 unspecified atom stereocenters. The van der Waals surface area contributed by atoms with E-state index in [9.17, 15) is 18.0 Å². The average Bonchev–Trinajstić information content (AvgIpc) is 3.06. The van der Waals surface area contributed by atoms with Gasteiger partial charge in [0.15, 0.2) is 0 Å². The van der Waals surface area contributed by atoms with Crippen LogP contribution < -0.4 is 14.9 Å². The van der Waals surface area contributed by atoms with E-state index >= 15 is 0 Å². The van der Waals surface area contributed by atoms with Gasteiger partial charge in [-0.2, -0.15) is 4.31 Å². The molecule has 1 aliphatic rings. The van der Waals surface area contributed by atoms with Gasteiger partial charge < -0.3 is 14.6 Å². The lowest BCUT2D eigenvalue weighted by molar-refractivity contribution is -0.120. The Balaban J connectivity index is 1.48. The number of thiazole rings is 1. The van der Waals surface area contributed by atoms with Crippen LogP contribution in [0.4, 0.5) is 5.69 Å². The first-order chi connectivity index (χ1) is 14.8. The molecular formula is C21H23N3O5S2. The third kappa shape index (κ3) is 4.23. The molecule has 1 saturated heterocycles. The molecule has 1 amide bonds. The predicted octanol–water partition coefficient (Wildman–Crippen LogP) is 2.65. The highest BCUT2D eigenvalue weighted by Gasteiger charge is 2.33. The molecule has 1 fully saturated rings. The number of aryl methyl sites for hydroxylation is 1. The van der Waals surface area contributed by atoms with Crippen molar-refractivity contribution >= 4 is 43.2 Å². The van der Waals surface area contributed by atoms with Crippen molar-refractivity contribution in [2.24, 2.45) is 13.0 Å². The number of fused-ring (bicyclic) bond motifs is 1. The maximum atomic E-state index is 13.0. The van der Waals surface area contributed by atoms with Crippen LogP contribution in [0.5, 0.6) is 5.75 Å². The van der Waals surface area contributed by atoms with Gasteiger partial charge in [0.2, 0.25) is 15.9 Å². The quantitative estimate of drug-likeness (QED) is 0.630. The minimum atomic E-state index is -3.70. The first-order valence-electron chi connectivity index (χ1n) is 9.84. The van der Waals surface area contributed by atoms with Crippen molar-refractivity contribution in [3.05, 3.63) is 52.1 Å². The van der Waals surface area contributed by atoms with E-state index in [2.05, 4.69) is 5.32 Å². The van der Waals surface area contributed by atoms with Crippen molar-refractivity contribution < 1.29 is 17.9 Å². The summed E-state index contributed by atoms with van der Waals surface area (Å²) >= 11 is 1.12. The fraction of sp³-hybridized carbons (Fsp3) is 0.333. The van der Waals surface area contributed by atoms with Crippen LogP contribution in [0.15, 0.2) is 52.2 Å². The molecule has 2 heterocycles. The van der Waals surface area contributed by atoms with Gasteiger partial charge in [-0.25, -0.2) is 8.42 Å². The first kappa shape index (κ1) is 21.5. The Hall–Kier alpha value is -2.69. The molecule has 0 spiro atoms. The number of nitrogens with one attached hydrogen (secondary N) is 1. The molecule has 3 aromatic rings. The first-order valence-corrected chi connectivity index (χ1v) is 12.1. The highest BCUT2D eigenvalue weighted by molar-refractivity contribution is 7.89. The number of nitrogens with zero attached hydrogens (tertiary/aromatic N) is 2. The Kier molecular flexibility index (Phi) is 5.87. The smallest absolute Gasteiger partial charge is 0.307 e. The molecule has 2 aromatic carbocycles. The maximum absolute atomic E-state index is 13.0. The second kappa shape index (κ2) is 8.45. The van der Waals surface area contributed by atoms with Crippen molar-refractivity contribution in [3.63, 3.8) is 0 Å². The largest absolute Gasteiger partial charge is 0.497 e. The fourth-order valence-corrected chi connectivity index (χ4v) is 6.17. The van der Waals surface area contributed by atoms with E-state index in [0.29, 0.717) is 30.8 Å². The number of ether oxygens (including phenoxy) is 1. The Bertz CT molecular complexity index is 1280. The molecule has 10 heteroatoms. The Labute approximate surface area is 184 Å². The molecule has 1 aromatic heterocycles. The summed E-state index contributed by atoms with van der Waals surface area (Å²) in [5.41, 5.74) is 1.40. The van der Waals surface area contributed by atoms with Gasteiger partial charge in [0, 0.05) is 25.8 Å². The van der Waals surface area contributed by atoms with E-state index in [1.807, 2.05) is 0 Å². The summed E-state index contributed by atoms with van der Waals surface area (Å²) in [6, 6.07) is 11.6. The highest BCUT2D eigenvalue weighted by Crippen LogP contribution is 2.27. The number of piperidine rings is 1. The zero-order chi connectivity index (χ0) is 22.2. The summed E-state index contributed by atoms with van der Waals surface area (Å²) in [6.45, 7) is 0.503. The van der Waals surface area contributed by atoms with Gasteiger partial charge in [-0.05, 0) is 55.3 Å². The summed E-state index contributed by atoms with van der Waals surface area (Å²) in [4.78, 5) is 24.8. The van der Waals surface area contributed by atoms with Gasteiger partial charge in [0.1, 0.15) is 5.75 Å². The molecule has 1 atom stereocenters. The molecule has 31 heavy (non-hydrogen) atoms. The minimum absolute atomic E-state index is 0.0647. The topological polar surface area (TPSA) is 97.7 Å². The molecule has 0 aliphatic carbocycles. The number of hydrogen-bond donors (Lipinski definition) is 1. The van der Waals surface area contributed by atoms with Crippen LogP contribution in [-0.4, -0.2) is 43.4 Å². The number of rotatable bonds is 5. The van der Waals surface area contributed by atoms with Crippen LogP contribution >= 0.6 is 11.3 Å². The number of hydrogen-bond acceptors (Lipinski definition) is 6. The second-order valence-corrected chi connectivity index (χ2v) is 10.4. The molecule has 8 nitrogen and oxygen atoms in total. The van der Waals surface area contributed by atoms with Crippen LogP contribution in [0.1, 0.15) is 12.8 Å². The SMILES string of the molecule is COc1ccc(S(=O)(=O)N2CCCC(C(=O)Nc3ccc4c(c3)sc(=O)n4C)C2)cc1. The van der Waals surface area contributed by atoms with Crippen molar-refractivity contribution in [3.8, 4) is 5.75 Å². The van der Waals surface area contributed by atoms with Gasteiger partial charge in [0.25, 0.3) is 0 Å². The van der Waals surface area contributed by atoms with Crippen molar-refractivity contribution in [1.82, 2.24) is 8.87 Å². The van der Waals surface area contributed by atoms with E-state index in [-0.39, 0.29) is 22.2 Å². The molecule has 1 aliphatic heterocycles. The van der Waals surface area contributed by atoms with E-state index in [1.165, 1.54) is 23.5 Å². The van der Waals surface area contributed by atoms with E-state index in [0.717, 1.165) is 21.6 Å². The zero-order valence-electron chi connectivity index (χ0n) is 17.2. The Morgan fingerprint density at radius 2 is 1.94 bits per heavy atom. The summed E-state index contributed by atoms with van der Waals surface area (Å²) in [6.07, 6.45) is 1.22. The monoisotopic (exact) mass is 461 g/mol. The zero-order valence-corrected chi connectivity index (χ0v) is 18.8. The van der Waals surface area contributed by atoms with Gasteiger partial charge >= 0.3 is 4.87 Å². The number of methoxy groups -OCH3 is 1. The van der Waals surface area contributed by atoms with Gasteiger partial charge in [-0.15, -0.1) is 0 Å². The van der Waals surface area contributed by atoms with Gasteiger partial charge in [0.05, 0.1) is 28.1 Å². The van der Waals surface area contributed by atoms with Gasteiger partial charge in [-0.3, -0.25) is 9.59 Å². The number of carbonyl (C=O) groups excluding carboxylic acids is 1. The number of amides is 1. The molecule has 4 rings (SSSR count). The lowest BCUT2D eigenvalue weighted by Crippen LogP contribution is -2.43. The summed E-state index contributed by atoms with van der Waals surface area (Å²) in [5.74, 6) is -0.0977. The van der Waals surface area contributed by atoms with Crippen LogP contribution in [0.2, 0.25) is 0 Å². The lowest BCUT2D eigenvalue weighted by Gasteiger charge is -2.31. The second-order valence-electron chi connectivity index (χ2n) is 7.48. The molecule has 0 saturated carbocycles. The molecule has 0 radical (unpaired) electrons. The number of aromatic nitrogens is 1. The van der Waals surface area contributed by atoms with Crippen LogP contribution in [-0.2, 0) is 21.9 Å². The van der Waals surface area contributed by atoms with Gasteiger partial charge in [-0.1, -0.05) is 11.3 Å². The predicted molar refractivity (Wildman–Crippen MR) is 120 cm³/mol. The summed E-state index contributed by atoms with van der Waals surface area (Å²) in [5, 5.41) is 2.88. The summed E-state index contributed by atoms with van der Waals surface area (Å²) < 4.78 is 34.8. The minimum Gasteiger partial charge on any atom is -0.497 e. The molecule has 164 valence electrons. The van der Waals surface area contributed by atoms with E-state index in [1.54, 1.807) is 41.9 Å². The lowest BCUT2D eigenvalue weighted by atomic mass is 9.98. The molecule has 1 N–H and O–H groups in total. The van der Waals surface area contributed by atoms with Crippen LogP contribution in [0.25, 0.3) is 10.2 Å². The van der Waals surface area contributed by atoms with Crippen LogP contribution in [0.3, 0.4) is 0 Å². The van der Waals surface area contributed by atoms with Crippen molar-refractivity contribution in [2.75, 3.05) is 25.5 Å². The van der Waals surface area contributed by atoms with Crippen molar-refractivity contribution in [2.45, 2.75) is 17.7 Å². The number of sulfonamides is 1. The standard InChI is InChI=1S/C21H23N3O5S2/c1-23-18-10-5-15(12-19(18)30-21(23)26)22-20(25)14-4-3-11-24(13-14)31(27,28)17-8-6-16(29-2)7-9-17/h5-10,12,14H,3-4,11,13H2,1-2H3,(H,22,25). The fourth-order valence-electron chi connectivity index (χ4n) is 3.73. The molecule has 0 bridgehead atoms.